The van der Waals surface area contributed by atoms with Crippen LogP contribution < -0.4 is 5.73 Å². The van der Waals surface area contributed by atoms with Crippen molar-refractivity contribution in [1.82, 2.24) is 4.98 Å². The van der Waals surface area contributed by atoms with E-state index in [4.69, 9.17) is 10.5 Å². The molecule has 0 saturated carbocycles. The third-order valence-corrected chi connectivity index (χ3v) is 3.72. The van der Waals surface area contributed by atoms with Crippen LogP contribution in [-0.2, 0) is 16.9 Å². The molecule has 92 valence electrons. The third kappa shape index (κ3) is 3.27. The van der Waals surface area contributed by atoms with Crippen molar-refractivity contribution in [3.8, 4) is 0 Å². The van der Waals surface area contributed by atoms with Gasteiger partial charge in [0.1, 0.15) is 5.01 Å². The molecule has 1 rings (SSSR count). The Balaban J connectivity index is 2.63. The molecule has 0 radical (unpaired) electrons. The summed E-state index contributed by atoms with van der Waals surface area (Å²) >= 11 is 1.64. The van der Waals surface area contributed by atoms with Gasteiger partial charge >= 0.3 is 0 Å². The van der Waals surface area contributed by atoms with Crippen molar-refractivity contribution in [2.75, 3.05) is 6.61 Å². The molecule has 0 aliphatic carbocycles. The average molecular weight is 242 g/mol. The zero-order chi connectivity index (χ0) is 12.0. The van der Waals surface area contributed by atoms with Gasteiger partial charge in [0.2, 0.25) is 0 Å². The number of hydrogen-bond acceptors (Lipinski definition) is 4. The van der Waals surface area contributed by atoms with Crippen LogP contribution in [0.3, 0.4) is 0 Å². The van der Waals surface area contributed by atoms with Crippen molar-refractivity contribution in [3.63, 3.8) is 0 Å². The van der Waals surface area contributed by atoms with Crippen LogP contribution in [0.1, 0.15) is 50.7 Å². The van der Waals surface area contributed by atoms with Crippen molar-refractivity contribution < 1.29 is 4.74 Å². The molecule has 0 unspecified atom stereocenters. The Morgan fingerprint density at radius 1 is 1.38 bits per heavy atom. The molecule has 2 N–H and O–H groups in total. The molecule has 16 heavy (non-hydrogen) atoms. The van der Waals surface area contributed by atoms with E-state index in [1.165, 1.54) is 0 Å². The number of hydrogen-bond donors (Lipinski definition) is 1. The highest BCUT2D eigenvalue weighted by Gasteiger charge is 2.25. The number of nitrogens with two attached hydrogens (primary N) is 1. The minimum absolute atomic E-state index is 0.264. The predicted molar refractivity (Wildman–Crippen MR) is 68.5 cm³/mol. The Hall–Kier alpha value is -0.450. The van der Waals surface area contributed by atoms with Crippen molar-refractivity contribution in [1.29, 1.82) is 0 Å². The molecule has 1 heterocycles. The van der Waals surface area contributed by atoms with E-state index in [0.717, 1.165) is 36.6 Å². The van der Waals surface area contributed by atoms with E-state index < -0.39 is 0 Å². The molecule has 0 amide bonds. The van der Waals surface area contributed by atoms with Crippen molar-refractivity contribution in [2.24, 2.45) is 5.73 Å². The van der Waals surface area contributed by atoms with Gasteiger partial charge in [-0.05, 0) is 19.3 Å². The maximum atomic E-state index is 6.29. The van der Waals surface area contributed by atoms with Gasteiger partial charge in [-0.3, -0.25) is 0 Å². The monoisotopic (exact) mass is 242 g/mol. The third-order valence-electron chi connectivity index (χ3n) is 2.90. The summed E-state index contributed by atoms with van der Waals surface area (Å²) in [7, 11) is 0. The second-order valence-electron chi connectivity index (χ2n) is 4.04. The minimum atomic E-state index is -0.264. The Kier molecular flexibility index (Phi) is 5.38. The van der Waals surface area contributed by atoms with Gasteiger partial charge in [0, 0.05) is 12.0 Å². The fourth-order valence-corrected chi connectivity index (χ4v) is 2.36. The topological polar surface area (TPSA) is 48.1 Å². The molecular weight excluding hydrogens is 220 g/mol. The number of nitrogens with zero attached hydrogens (tertiary/aromatic N) is 1. The lowest BCUT2D eigenvalue weighted by Crippen LogP contribution is -2.35. The van der Waals surface area contributed by atoms with Crippen molar-refractivity contribution in [2.45, 2.75) is 52.2 Å². The van der Waals surface area contributed by atoms with E-state index in [9.17, 15) is 0 Å². The van der Waals surface area contributed by atoms with E-state index in [1.807, 2.05) is 0 Å². The second kappa shape index (κ2) is 6.33. The molecule has 4 heteroatoms. The van der Waals surface area contributed by atoms with Crippen LogP contribution in [-0.4, -0.2) is 11.6 Å². The van der Waals surface area contributed by atoms with Crippen LogP contribution >= 0.6 is 11.3 Å². The smallest absolute Gasteiger partial charge is 0.119 e. The second-order valence-corrected chi connectivity index (χ2v) is 4.98. The molecule has 0 aromatic carbocycles. The van der Waals surface area contributed by atoms with Crippen LogP contribution in [0.5, 0.6) is 0 Å². The largest absolute Gasteiger partial charge is 0.374 e. The molecule has 0 saturated heterocycles. The molecule has 0 aliphatic heterocycles. The highest BCUT2D eigenvalue weighted by molar-refractivity contribution is 7.09. The van der Waals surface area contributed by atoms with E-state index in [1.54, 1.807) is 11.3 Å². The number of aromatic nitrogens is 1. The zero-order valence-electron chi connectivity index (χ0n) is 10.5. The summed E-state index contributed by atoms with van der Waals surface area (Å²) in [4.78, 5) is 4.56. The lowest BCUT2D eigenvalue weighted by molar-refractivity contribution is 0.121. The summed E-state index contributed by atoms with van der Waals surface area (Å²) in [6.45, 7) is 7.73. The van der Waals surface area contributed by atoms with Crippen molar-refractivity contribution >= 4 is 11.3 Å². The first kappa shape index (κ1) is 13.6. The number of ether oxygens (including phenoxy) is 1. The summed E-state index contributed by atoms with van der Waals surface area (Å²) in [6.07, 6.45) is 2.88. The van der Waals surface area contributed by atoms with Gasteiger partial charge in [-0.15, -0.1) is 11.3 Å². The van der Waals surface area contributed by atoms with E-state index >= 15 is 0 Å². The Bertz CT molecular complexity index is 308. The van der Waals surface area contributed by atoms with Gasteiger partial charge in [-0.1, -0.05) is 20.8 Å². The van der Waals surface area contributed by atoms with Crippen LogP contribution in [0, 0.1) is 0 Å². The fraction of sp³-hybridized carbons (Fsp3) is 0.750. The summed E-state index contributed by atoms with van der Waals surface area (Å²) in [5.41, 5.74) is 7.04. The first-order valence-corrected chi connectivity index (χ1v) is 6.85. The lowest BCUT2D eigenvalue weighted by atomic mass is 9.91. The van der Waals surface area contributed by atoms with Gasteiger partial charge in [-0.2, -0.15) is 0 Å². The van der Waals surface area contributed by atoms with Crippen LogP contribution in [0.15, 0.2) is 5.38 Å². The molecule has 0 aliphatic rings. The first-order valence-electron chi connectivity index (χ1n) is 5.97. The molecule has 0 spiro atoms. The SMILES string of the molecule is CCCOCc1nc(C(N)(CC)CC)cs1. The maximum absolute atomic E-state index is 6.29. The number of rotatable bonds is 7. The molecular formula is C12H22N2OS. The highest BCUT2D eigenvalue weighted by atomic mass is 32.1. The van der Waals surface area contributed by atoms with Gasteiger partial charge < -0.3 is 10.5 Å². The van der Waals surface area contributed by atoms with E-state index in [0.29, 0.717) is 6.61 Å². The summed E-state index contributed by atoms with van der Waals surface area (Å²) < 4.78 is 5.47. The first-order chi connectivity index (χ1) is 7.66. The zero-order valence-corrected chi connectivity index (χ0v) is 11.3. The van der Waals surface area contributed by atoms with Gasteiger partial charge in [0.25, 0.3) is 0 Å². The van der Waals surface area contributed by atoms with E-state index in [-0.39, 0.29) is 5.54 Å². The van der Waals surface area contributed by atoms with Crippen LogP contribution in [0.25, 0.3) is 0 Å². The fourth-order valence-electron chi connectivity index (χ4n) is 1.52. The minimum Gasteiger partial charge on any atom is -0.374 e. The normalized spacial score (nSPS) is 12.0. The quantitative estimate of drug-likeness (QED) is 0.748. The number of thiazole rings is 1. The summed E-state index contributed by atoms with van der Waals surface area (Å²) in [5.74, 6) is 0. The van der Waals surface area contributed by atoms with Crippen LogP contribution in [0.4, 0.5) is 0 Å². The van der Waals surface area contributed by atoms with Gasteiger partial charge in [-0.25, -0.2) is 4.98 Å². The predicted octanol–water partition coefficient (Wildman–Crippen LogP) is 3.04. The van der Waals surface area contributed by atoms with Gasteiger partial charge in [0.15, 0.2) is 0 Å². The lowest BCUT2D eigenvalue weighted by Gasteiger charge is -2.24. The van der Waals surface area contributed by atoms with Gasteiger partial charge in [0.05, 0.1) is 17.8 Å². The van der Waals surface area contributed by atoms with Crippen LogP contribution in [0.2, 0.25) is 0 Å². The average Bonchev–Trinajstić information content (AvgIpc) is 2.78. The summed E-state index contributed by atoms with van der Waals surface area (Å²) in [5, 5.41) is 3.10. The van der Waals surface area contributed by atoms with E-state index in [2.05, 4.69) is 31.1 Å². The Morgan fingerprint density at radius 3 is 2.62 bits per heavy atom. The standard InChI is InChI=1S/C12H22N2OS/c1-4-7-15-8-11-14-10(9-16-11)12(13,5-2)6-3/h9H,4-8,13H2,1-3H3. The molecule has 0 bridgehead atoms. The highest BCUT2D eigenvalue weighted by Crippen LogP contribution is 2.27. The Morgan fingerprint density at radius 2 is 2.06 bits per heavy atom. The molecule has 1 aromatic rings. The Labute approximate surface area is 102 Å². The molecule has 1 aromatic heterocycles. The summed E-state index contributed by atoms with van der Waals surface area (Å²) in [6, 6.07) is 0. The molecule has 3 nitrogen and oxygen atoms in total. The molecule has 0 fully saturated rings. The maximum Gasteiger partial charge on any atom is 0.119 e. The van der Waals surface area contributed by atoms with Crippen molar-refractivity contribution in [3.05, 3.63) is 16.1 Å². The molecule has 0 atom stereocenters.